The summed E-state index contributed by atoms with van der Waals surface area (Å²) >= 11 is 0. The van der Waals surface area contributed by atoms with Crippen LogP contribution >= 0.6 is 0 Å². The van der Waals surface area contributed by atoms with Crippen molar-refractivity contribution in [3.63, 3.8) is 0 Å². The second kappa shape index (κ2) is 8.65. The predicted octanol–water partition coefficient (Wildman–Crippen LogP) is 4.42. The Morgan fingerprint density at radius 2 is 1.33 bits per heavy atom. The van der Waals surface area contributed by atoms with Crippen molar-refractivity contribution >= 4 is 5.97 Å². The molecule has 0 unspecified atom stereocenters. The van der Waals surface area contributed by atoms with Crippen molar-refractivity contribution in [2.75, 3.05) is 6.54 Å². The first kappa shape index (κ1) is 18.2. The zero-order chi connectivity index (χ0) is 17.4. The molecule has 0 aliphatic rings. The van der Waals surface area contributed by atoms with E-state index in [-0.39, 0.29) is 5.97 Å². The number of hydrogen-bond donors (Lipinski definition) is 0. The number of benzene rings is 2. The molecule has 0 aliphatic carbocycles. The summed E-state index contributed by atoms with van der Waals surface area (Å²) in [4.78, 5) is 14.3. The van der Waals surface area contributed by atoms with Crippen molar-refractivity contribution < 1.29 is 9.53 Å². The van der Waals surface area contributed by atoms with Gasteiger partial charge in [0.15, 0.2) is 0 Å². The molecule has 0 radical (unpaired) electrons. The first-order chi connectivity index (χ1) is 11.4. The minimum atomic E-state index is -0.430. The van der Waals surface area contributed by atoms with Gasteiger partial charge in [0.1, 0.15) is 5.60 Å². The smallest absolute Gasteiger partial charge is 0.307 e. The third-order valence-electron chi connectivity index (χ3n) is 3.55. The molecular weight excluding hydrogens is 298 g/mol. The summed E-state index contributed by atoms with van der Waals surface area (Å²) < 4.78 is 5.42. The van der Waals surface area contributed by atoms with E-state index in [1.807, 2.05) is 57.2 Å². The standard InChI is InChI=1S/C21H27NO2/c1-21(2,3)24-20(23)14-15-22(16-18-10-6-4-7-11-18)17-19-12-8-5-9-13-19/h4-13H,14-17H2,1-3H3. The molecule has 24 heavy (non-hydrogen) atoms. The van der Waals surface area contributed by atoms with Gasteiger partial charge in [0, 0.05) is 19.6 Å². The summed E-state index contributed by atoms with van der Waals surface area (Å²) in [6.45, 7) is 8.01. The van der Waals surface area contributed by atoms with E-state index in [0.29, 0.717) is 13.0 Å². The Labute approximate surface area is 145 Å². The number of rotatable bonds is 7. The highest BCUT2D eigenvalue weighted by molar-refractivity contribution is 5.70. The molecular formula is C21H27NO2. The van der Waals surface area contributed by atoms with Crippen LogP contribution in [0.5, 0.6) is 0 Å². The van der Waals surface area contributed by atoms with E-state index >= 15 is 0 Å². The van der Waals surface area contributed by atoms with Crippen LogP contribution in [-0.4, -0.2) is 23.0 Å². The van der Waals surface area contributed by atoms with E-state index in [2.05, 4.69) is 29.2 Å². The van der Waals surface area contributed by atoms with E-state index < -0.39 is 5.60 Å². The molecule has 0 fully saturated rings. The summed E-state index contributed by atoms with van der Waals surface area (Å²) in [5, 5.41) is 0. The van der Waals surface area contributed by atoms with Gasteiger partial charge < -0.3 is 4.74 Å². The van der Waals surface area contributed by atoms with Gasteiger partial charge in [-0.25, -0.2) is 0 Å². The normalized spacial score (nSPS) is 11.5. The van der Waals surface area contributed by atoms with Crippen molar-refractivity contribution in [2.24, 2.45) is 0 Å². The molecule has 0 saturated carbocycles. The minimum absolute atomic E-state index is 0.145. The zero-order valence-corrected chi connectivity index (χ0v) is 14.9. The number of carbonyl (C=O) groups excluding carboxylic acids is 1. The summed E-state index contributed by atoms with van der Waals surface area (Å²) in [7, 11) is 0. The van der Waals surface area contributed by atoms with Crippen molar-refractivity contribution in [3.05, 3.63) is 71.8 Å². The largest absolute Gasteiger partial charge is 0.460 e. The van der Waals surface area contributed by atoms with Crippen LogP contribution in [0.25, 0.3) is 0 Å². The van der Waals surface area contributed by atoms with Gasteiger partial charge in [-0.05, 0) is 31.9 Å². The molecule has 0 heterocycles. The fourth-order valence-corrected chi connectivity index (χ4v) is 2.54. The molecule has 3 nitrogen and oxygen atoms in total. The lowest BCUT2D eigenvalue weighted by atomic mass is 10.1. The quantitative estimate of drug-likeness (QED) is 0.706. The van der Waals surface area contributed by atoms with Gasteiger partial charge in [-0.15, -0.1) is 0 Å². The van der Waals surface area contributed by atoms with Gasteiger partial charge in [0.25, 0.3) is 0 Å². The van der Waals surface area contributed by atoms with Crippen molar-refractivity contribution in [1.29, 1.82) is 0 Å². The number of ether oxygens (including phenoxy) is 1. The number of esters is 1. The predicted molar refractivity (Wildman–Crippen MR) is 97.5 cm³/mol. The molecule has 0 aromatic heterocycles. The summed E-state index contributed by atoms with van der Waals surface area (Å²) in [5.41, 5.74) is 2.07. The topological polar surface area (TPSA) is 29.5 Å². The maximum absolute atomic E-state index is 12.0. The van der Waals surface area contributed by atoms with Gasteiger partial charge in [0.05, 0.1) is 6.42 Å². The Kier molecular flexibility index (Phi) is 6.56. The Balaban J connectivity index is 1.98. The fourth-order valence-electron chi connectivity index (χ4n) is 2.54. The molecule has 0 amide bonds. The molecule has 128 valence electrons. The second-order valence-corrected chi connectivity index (χ2v) is 7.02. The lowest BCUT2D eigenvalue weighted by Crippen LogP contribution is -2.29. The SMILES string of the molecule is CC(C)(C)OC(=O)CCN(Cc1ccccc1)Cc1ccccc1. The van der Waals surface area contributed by atoms with E-state index in [1.54, 1.807) is 0 Å². The summed E-state index contributed by atoms with van der Waals surface area (Å²) in [5.74, 6) is -0.145. The van der Waals surface area contributed by atoms with Gasteiger partial charge >= 0.3 is 5.97 Å². The van der Waals surface area contributed by atoms with Crippen LogP contribution in [0.2, 0.25) is 0 Å². The van der Waals surface area contributed by atoms with Crippen LogP contribution in [-0.2, 0) is 22.6 Å². The fraction of sp³-hybridized carbons (Fsp3) is 0.381. The minimum Gasteiger partial charge on any atom is -0.460 e. The van der Waals surface area contributed by atoms with E-state index in [1.165, 1.54) is 11.1 Å². The number of hydrogen-bond acceptors (Lipinski definition) is 3. The van der Waals surface area contributed by atoms with Crippen molar-refractivity contribution in [3.8, 4) is 0 Å². The summed E-state index contributed by atoms with van der Waals surface area (Å²) in [6, 6.07) is 20.7. The second-order valence-electron chi connectivity index (χ2n) is 7.02. The third-order valence-corrected chi connectivity index (χ3v) is 3.55. The maximum atomic E-state index is 12.0. The highest BCUT2D eigenvalue weighted by atomic mass is 16.6. The van der Waals surface area contributed by atoms with Gasteiger partial charge in [0.2, 0.25) is 0 Å². The molecule has 0 saturated heterocycles. The van der Waals surface area contributed by atoms with Crippen LogP contribution < -0.4 is 0 Å². The maximum Gasteiger partial charge on any atom is 0.307 e. The molecule has 2 rings (SSSR count). The Bertz CT molecular complexity index is 576. The molecule has 3 heteroatoms. The lowest BCUT2D eigenvalue weighted by molar-refractivity contribution is -0.155. The van der Waals surface area contributed by atoms with Crippen LogP contribution in [0.1, 0.15) is 38.3 Å². The van der Waals surface area contributed by atoms with Crippen molar-refractivity contribution in [1.82, 2.24) is 4.90 Å². The average molecular weight is 325 g/mol. The van der Waals surface area contributed by atoms with Crippen molar-refractivity contribution in [2.45, 2.75) is 45.9 Å². The zero-order valence-electron chi connectivity index (χ0n) is 14.9. The Morgan fingerprint density at radius 3 is 1.75 bits per heavy atom. The van der Waals surface area contributed by atoms with Gasteiger partial charge in [-0.1, -0.05) is 60.7 Å². The third kappa shape index (κ3) is 6.97. The van der Waals surface area contributed by atoms with Crippen LogP contribution in [0.3, 0.4) is 0 Å². The molecule has 0 atom stereocenters. The first-order valence-corrected chi connectivity index (χ1v) is 8.44. The van der Waals surface area contributed by atoms with E-state index in [4.69, 9.17) is 4.74 Å². The molecule has 0 bridgehead atoms. The number of nitrogens with zero attached hydrogens (tertiary/aromatic N) is 1. The van der Waals surface area contributed by atoms with E-state index in [0.717, 1.165) is 13.1 Å². The van der Waals surface area contributed by atoms with Gasteiger partial charge in [-0.3, -0.25) is 9.69 Å². The van der Waals surface area contributed by atoms with Crippen LogP contribution in [0.4, 0.5) is 0 Å². The lowest BCUT2D eigenvalue weighted by Gasteiger charge is -2.24. The molecule has 2 aromatic carbocycles. The summed E-state index contributed by atoms with van der Waals surface area (Å²) in [6.07, 6.45) is 0.400. The molecule has 0 N–H and O–H groups in total. The molecule has 2 aromatic rings. The molecule has 0 aliphatic heterocycles. The van der Waals surface area contributed by atoms with Crippen LogP contribution in [0.15, 0.2) is 60.7 Å². The first-order valence-electron chi connectivity index (χ1n) is 8.44. The monoisotopic (exact) mass is 325 g/mol. The van der Waals surface area contributed by atoms with Crippen LogP contribution in [0, 0.1) is 0 Å². The highest BCUT2D eigenvalue weighted by Gasteiger charge is 2.17. The Morgan fingerprint density at radius 1 is 0.875 bits per heavy atom. The van der Waals surface area contributed by atoms with E-state index in [9.17, 15) is 4.79 Å². The highest BCUT2D eigenvalue weighted by Crippen LogP contribution is 2.13. The Hall–Kier alpha value is -2.13. The molecule has 0 spiro atoms. The number of carbonyl (C=O) groups is 1. The average Bonchev–Trinajstić information content (AvgIpc) is 2.53. The van der Waals surface area contributed by atoms with Gasteiger partial charge in [-0.2, -0.15) is 0 Å².